The molecule has 0 aliphatic carbocycles. The van der Waals surface area contributed by atoms with Crippen molar-refractivity contribution in [2.24, 2.45) is 0 Å². The number of hydrogen-bond acceptors (Lipinski definition) is 7. The first-order valence-corrected chi connectivity index (χ1v) is 8.91. The Morgan fingerprint density at radius 2 is 1.87 bits per heavy atom. The lowest BCUT2D eigenvalue weighted by molar-refractivity contribution is -0.386. The molecular formula is C19H17F3N4O4. The standard InChI is InChI=1S/C19H17F3N4O4/c20-19(21,22)30-14-3-1-13(2-4-14)17(25-7-5-24-6-8-25)15-9-12(11-23)10-16(18(15)27)26(28)29/h1-4,9-10,17,24,27H,5-8H2/t17-/m0/s1. The number of halogens is 3. The minimum Gasteiger partial charge on any atom is -0.502 e. The molecule has 1 fully saturated rings. The Bertz CT molecular complexity index is 967. The number of phenols is 1. The van der Waals surface area contributed by atoms with Crippen LogP contribution in [0.25, 0.3) is 0 Å². The molecule has 0 bridgehead atoms. The van der Waals surface area contributed by atoms with Crippen LogP contribution < -0.4 is 10.1 Å². The highest BCUT2D eigenvalue weighted by Crippen LogP contribution is 2.41. The maximum Gasteiger partial charge on any atom is 0.573 e. The third-order valence-electron chi connectivity index (χ3n) is 4.69. The van der Waals surface area contributed by atoms with E-state index < -0.39 is 34.5 Å². The fraction of sp³-hybridized carbons (Fsp3) is 0.316. The largest absolute Gasteiger partial charge is 0.573 e. The number of nitriles is 1. The van der Waals surface area contributed by atoms with Gasteiger partial charge in [-0.3, -0.25) is 15.0 Å². The van der Waals surface area contributed by atoms with Crippen LogP contribution in [-0.2, 0) is 0 Å². The Morgan fingerprint density at radius 3 is 2.40 bits per heavy atom. The Balaban J connectivity index is 2.10. The molecule has 0 spiro atoms. The molecule has 1 saturated heterocycles. The van der Waals surface area contributed by atoms with E-state index in [0.29, 0.717) is 31.7 Å². The van der Waals surface area contributed by atoms with Crippen molar-refractivity contribution in [1.82, 2.24) is 10.2 Å². The SMILES string of the molecule is N#Cc1cc([C@H](c2ccc(OC(F)(F)F)cc2)N2CCNCC2)c(O)c([N+](=O)[O-])c1. The van der Waals surface area contributed by atoms with E-state index in [1.165, 1.54) is 18.2 Å². The van der Waals surface area contributed by atoms with Gasteiger partial charge in [-0.25, -0.2) is 0 Å². The molecule has 0 amide bonds. The second kappa shape index (κ2) is 8.56. The van der Waals surface area contributed by atoms with E-state index in [4.69, 9.17) is 0 Å². The summed E-state index contributed by atoms with van der Waals surface area (Å²) in [6, 6.07) is 8.54. The number of nitrogens with one attached hydrogen (secondary N) is 1. The van der Waals surface area contributed by atoms with Gasteiger partial charge < -0.3 is 15.2 Å². The van der Waals surface area contributed by atoms with E-state index in [9.17, 15) is 33.7 Å². The van der Waals surface area contributed by atoms with Crippen LogP contribution in [0.15, 0.2) is 36.4 Å². The van der Waals surface area contributed by atoms with Gasteiger partial charge in [0.1, 0.15) is 5.75 Å². The zero-order chi connectivity index (χ0) is 21.9. The molecule has 1 aliphatic heterocycles. The summed E-state index contributed by atoms with van der Waals surface area (Å²) >= 11 is 0. The maximum atomic E-state index is 12.4. The molecule has 3 rings (SSSR count). The number of phenolic OH excluding ortho intramolecular Hbond substituents is 1. The van der Waals surface area contributed by atoms with Crippen molar-refractivity contribution in [3.63, 3.8) is 0 Å². The van der Waals surface area contributed by atoms with E-state index in [0.717, 1.165) is 18.2 Å². The van der Waals surface area contributed by atoms with Crippen LogP contribution in [-0.4, -0.2) is 47.5 Å². The van der Waals surface area contributed by atoms with Gasteiger partial charge >= 0.3 is 12.0 Å². The second-order valence-electron chi connectivity index (χ2n) is 6.61. The molecule has 0 radical (unpaired) electrons. The van der Waals surface area contributed by atoms with Crippen molar-refractivity contribution in [3.8, 4) is 17.6 Å². The summed E-state index contributed by atoms with van der Waals surface area (Å²) in [7, 11) is 0. The van der Waals surface area contributed by atoms with Crippen molar-refractivity contribution in [2.75, 3.05) is 26.2 Å². The summed E-state index contributed by atoms with van der Waals surface area (Å²) < 4.78 is 41.2. The van der Waals surface area contributed by atoms with E-state index in [-0.39, 0.29) is 11.1 Å². The van der Waals surface area contributed by atoms with Gasteiger partial charge in [0.15, 0.2) is 5.75 Å². The van der Waals surface area contributed by atoms with Crippen LogP contribution in [0.2, 0.25) is 0 Å². The lowest BCUT2D eigenvalue weighted by Gasteiger charge is -2.35. The predicted molar refractivity (Wildman–Crippen MR) is 98.9 cm³/mol. The summed E-state index contributed by atoms with van der Waals surface area (Å²) in [5.41, 5.74) is 0.00567. The Morgan fingerprint density at radius 1 is 1.23 bits per heavy atom. The molecule has 8 nitrogen and oxygen atoms in total. The summed E-state index contributed by atoms with van der Waals surface area (Å²) in [4.78, 5) is 12.5. The summed E-state index contributed by atoms with van der Waals surface area (Å²) in [5.74, 6) is -0.996. The summed E-state index contributed by atoms with van der Waals surface area (Å²) in [5, 5.41) is 34.4. The zero-order valence-corrected chi connectivity index (χ0v) is 15.5. The minimum atomic E-state index is -4.83. The van der Waals surface area contributed by atoms with Crippen molar-refractivity contribution in [2.45, 2.75) is 12.4 Å². The molecule has 0 saturated carbocycles. The smallest absolute Gasteiger partial charge is 0.502 e. The van der Waals surface area contributed by atoms with E-state index in [1.54, 1.807) is 0 Å². The molecular weight excluding hydrogens is 405 g/mol. The van der Waals surface area contributed by atoms with Gasteiger partial charge in [-0.2, -0.15) is 5.26 Å². The fourth-order valence-electron chi connectivity index (χ4n) is 3.43. The first kappa shape index (κ1) is 21.4. The molecule has 0 aromatic heterocycles. The second-order valence-corrected chi connectivity index (χ2v) is 6.61. The van der Waals surface area contributed by atoms with Crippen LogP contribution in [0.5, 0.6) is 11.5 Å². The third-order valence-corrected chi connectivity index (χ3v) is 4.69. The van der Waals surface area contributed by atoms with E-state index in [1.807, 2.05) is 11.0 Å². The lowest BCUT2D eigenvalue weighted by atomic mass is 9.93. The van der Waals surface area contributed by atoms with Crippen LogP contribution >= 0.6 is 0 Å². The van der Waals surface area contributed by atoms with E-state index >= 15 is 0 Å². The molecule has 158 valence electrons. The van der Waals surface area contributed by atoms with Gasteiger partial charge in [0, 0.05) is 37.8 Å². The number of nitro benzene ring substituents is 1. The molecule has 1 atom stereocenters. The summed E-state index contributed by atoms with van der Waals surface area (Å²) in [6.07, 6.45) is -4.83. The van der Waals surface area contributed by atoms with Gasteiger partial charge in [-0.1, -0.05) is 12.1 Å². The Labute approximate surface area is 169 Å². The lowest BCUT2D eigenvalue weighted by Crippen LogP contribution is -2.45. The van der Waals surface area contributed by atoms with E-state index in [2.05, 4.69) is 10.1 Å². The molecule has 2 aromatic carbocycles. The van der Waals surface area contributed by atoms with Crippen molar-refractivity contribution in [3.05, 3.63) is 63.2 Å². The third kappa shape index (κ3) is 4.79. The average Bonchev–Trinajstić information content (AvgIpc) is 2.70. The highest BCUT2D eigenvalue weighted by Gasteiger charge is 2.33. The molecule has 2 N–H and O–H groups in total. The van der Waals surface area contributed by atoms with Gasteiger partial charge in [0.2, 0.25) is 0 Å². The number of benzene rings is 2. The normalized spacial score (nSPS) is 15.9. The monoisotopic (exact) mass is 422 g/mol. The average molecular weight is 422 g/mol. The molecule has 11 heteroatoms. The van der Waals surface area contributed by atoms with Gasteiger partial charge in [-0.15, -0.1) is 13.2 Å². The van der Waals surface area contributed by atoms with Crippen molar-refractivity contribution in [1.29, 1.82) is 5.26 Å². The predicted octanol–water partition coefficient (Wildman–Crippen LogP) is 3.07. The maximum absolute atomic E-state index is 12.4. The first-order chi connectivity index (χ1) is 14.2. The van der Waals surface area contributed by atoms with Crippen molar-refractivity contribution < 1.29 is 27.9 Å². The van der Waals surface area contributed by atoms with Crippen molar-refractivity contribution >= 4 is 5.69 Å². The number of ether oxygens (including phenoxy) is 1. The molecule has 2 aromatic rings. The number of piperazine rings is 1. The highest BCUT2D eigenvalue weighted by atomic mass is 19.4. The Kier molecular flexibility index (Phi) is 6.09. The van der Waals surface area contributed by atoms with Crippen LogP contribution in [0.1, 0.15) is 22.7 Å². The highest BCUT2D eigenvalue weighted by molar-refractivity contribution is 5.58. The number of hydrogen-bond donors (Lipinski definition) is 2. The topological polar surface area (TPSA) is 112 Å². The zero-order valence-electron chi connectivity index (χ0n) is 15.5. The van der Waals surface area contributed by atoms with Gasteiger partial charge in [0.05, 0.1) is 22.6 Å². The molecule has 1 heterocycles. The summed E-state index contributed by atoms with van der Waals surface area (Å²) in [6.45, 7) is 2.28. The number of nitrogens with zero attached hydrogens (tertiary/aromatic N) is 3. The minimum absolute atomic E-state index is 0.00772. The van der Waals surface area contributed by atoms with Crippen LogP contribution in [0, 0.1) is 21.4 Å². The van der Waals surface area contributed by atoms with Crippen LogP contribution in [0.3, 0.4) is 0 Å². The number of nitro groups is 1. The first-order valence-electron chi connectivity index (χ1n) is 8.91. The number of aromatic hydroxyl groups is 1. The number of rotatable bonds is 5. The molecule has 30 heavy (non-hydrogen) atoms. The Hall–Kier alpha value is -3.36. The molecule has 1 aliphatic rings. The fourth-order valence-corrected chi connectivity index (χ4v) is 3.43. The van der Waals surface area contributed by atoms with Gasteiger partial charge in [-0.05, 0) is 23.8 Å². The number of alkyl halides is 3. The van der Waals surface area contributed by atoms with Crippen LogP contribution in [0.4, 0.5) is 18.9 Å². The van der Waals surface area contributed by atoms with Gasteiger partial charge in [0.25, 0.3) is 0 Å². The molecule has 0 unspecified atom stereocenters. The quantitative estimate of drug-likeness (QED) is 0.563.